The lowest BCUT2D eigenvalue weighted by atomic mass is 10.00. The molecule has 0 spiro atoms. The number of rotatable bonds is 2. The molecule has 0 saturated carbocycles. The zero-order valence-corrected chi connectivity index (χ0v) is 9.28. The number of hydrogen-bond acceptors (Lipinski definition) is 3. The summed E-state index contributed by atoms with van der Waals surface area (Å²) in [4.78, 5) is 14.0. The van der Waals surface area contributed by atoms with Gasteiger partial charge in [-0.05, 0) is 18.9 Å². The molecule has 0 bridgehead atoms. The highest BCUT2D eigenvalue weighted by Gasteiger charge is 2.35. The van der Waals surface area contributed by atoms with Crippen molar-refractivity contribution in [1.29, 1.82) is 0 Å². The van der Waals surface area contributed by atoms with Crippen LogP contribution in [0, 0.1) is 17.8 Å². The van der Waals surface area contributed by atoms with E-state index in [1.54, 1.807) is 0 Å². The zero-order valence-electron chi connectivity index (χ0n) is 9.28. The molecule has 86 valence electrons. The number of aliphatic hydroxyl groups is 1. The van der Waals surface area contributed by atoms with Crippen LogP contribution in [0.4, 0.5) is 0 Å². The number of carbonyl (C=O) groups excluding carboxylic acids is 1. The van der Waals surface area contributed by atoms with Crippen molar-refractivity contribution < 1.29 is 9.90 Å². The Labute approximate surface area is 90.6 Å². The summed E-state index contributed by atoms with van der Waals surface area (Å²) in [6.45, 7) is 5.67. The van der Waals surface area contributed by atoms with Crippen LogP contribution in [0.5, 0.6) is 0 Å². The van der Waals surface area contributed by atoms with Gasteiger partial charge in [0.05, 0.1) is 5.92 Å². The largest absolute Gasteiger partial charge is 0.396 e. The van der Waals surface area contributed by atoms with Gasteiger partial charge >= 0.3 is 0 Å². The van der Waals surface area contributed by atoms with Crippen molar-refractivity contribution in [3.63, 3.8) is 0 Å². The fourth-order valence-corrected chi connectivity index (χ4v) is 2.58. The maximum absolute atomic E-state index is 12.1. The number of nitrogens with zero attached hydrogens (tertiary/aromatic N) is 1. The maximum atomic E-state index is 12.1. The van der Waals surface area contributed by atoms with Crippen LogP contribution >= 0.6 is 0 Å². The third kappa shape index (κ3) is 2.16. The summed E-state index contributed by atoms with van der Waals surface area (Å²) < 4.78 is 0. The average Bonchev–Trinajstić information content (AvgIpc) is 2.85. The van der Waals surface area contributed by atoms with Gasteiger partial charge in [0.1, 0.15) is 0 Å². The minimum atomic E-state index is 0.176. The molecule has 2 heterocycles. The van der Waals surface area contributed by atoms with E-state index in [4.69, 9.17) is 5.11 Å². The van der Waals surface area contributed by atoms with Gasteiger partial charge in [-0.3, -0.25) is 4.79 Å². The Kier molecular flexibility index (Phi) is 3.26. The minimum absolute atomic E-state index is 0.176. The van der Waals surface area contributed by atoms with Gasteiger partial charge in [0.25, 0.3) is 0 Å². The fourth-order valence-electron chi connectivity index (χ4n) is 2.58. The number of likely N-dealkylation sites (tertiary alicyclic amines) is 1. The van der Waals surface area contributed by atoms with Gasteiger partial charge < -0.3 is 15.3 Å². The molecule has 15 heavy (non-hydrogen) atoms. The van der Waals surface area contributed by atoms with Crippen LogP contribution in [0.15, 0.2) is 0 Å². The van der Waals surface area contributed by atoms with Gasteiger partial charge in [0.2, 0.25) is 5.91 Å². The van der Waals surface area contributed by atoms with Gasteiger partial charge in [0.15, 0.2) is 0 Å². The normalized spacial score (nSPS) is 36.1. The van der Waals surface area contributed by atoms with Crippen LogP contribution in [0.3, 0.4) is 0 Å². The topological polar surface area (TPSA) is 52.6 Å². The van der Waals surface area contributed by atoms with Crippen molar-refractivity contribution in [2.75, 3.05) is 32.8 Å². The molecule has 0 aromatic carbocycles. The summed E-state index contributed by atoms with van der Waals surface area (Å²) in [7, 11) is 0. The van der Waals surface area contributed by atoms with Crippen molar-refractivity contribution in [3.05, 3.63) is 0 Å². The SMILES string of the molecule is C[C@@H]1CN(C(=O)[C@H]2CCNC2)C[C@@H]1CO. The molecule has 4 nitrogen and oxygen atoms in total. The molecule has 3 atom stereocenters. The third-order valence-corrected chi connectivity index (χ3v) is 3.72. The Morgan fingerprint density at radius 2 is 2.33 bits per heavy atom. The van der Waals surface area contributed by atoms with E-state index in [1.807, 2.05) is 4.90 Å². The maximum Gasteiger partial charge on any atom is 0.227 e. The number of carbonyl (C=O) groups is 1. The Hall–Kier alpha value is -0.610. The molecule has 0 unspecified atom stereocenters. The summed E-state index contributed by atoms with van der Waals surface area (Å²) in [5, 5.41) is 12.4. The van der Waals surface area contributed by atoms with E-state index in [9.17, 15) is 4.79 Å². The van der Waals surface area contributed by atoms with E-state index in [0.29, 0.717) is 5.92 Å². The van der Waals surface area contributed by atoms with E-state index in [-0.39, 0.29) is 24.3 Å². The summed E-state index contributed by atoms with van der Waals surface area (Å²) in [6, 6.07) is 0. The Morgan fingerprint density at radius 3 is 2.87 bits per heavy atom. The van der Waals surface area contributed by atoms with Crippen LogP contribution < -0.4 is 5.32 Å². The van der Waals surface area contributed by atoms with Crippen molar-refractivity contribution >= 4 is 5.91 Å². The lowest BCUT2D eigenvalue weighted by Gasteiger charge is -2.19. The van der Waals surface area contributed by atoms with Crippen molar-refractivity contribution in [3.8, 4) is 0 Å². The highest BCUT2D eigenvalue weighted by atomic mass is 16.3. The van der Waals surface area contributed by atoms with Crippen LogP contribution in [-0.2, 0) is 4.79 Å². The number of hydrogen-bond donors (Lipinski definition) is 2. The molecule has 2 N–H and O–H groups in total. The molecule has 4 heteroatoms. The van der Waals surface area contributed by atoms with Crippen LogP contribution in [0.25, 0.3) is 0 Å². The summed E-state index contributed by atoms with van der Waals surface area (Å²) >= 11 is 0. The first-order valence-electron chi connectivity index (χ1n) is 5.82. The predicted octanol–water partition coefficient (Wildman–Crippen LogP) is -0.317. The second-order valence-corrected chi connectivity index (χ2v) is 4.85. The van der Waals surface area contributed by atoms with E-state index in [2.05, 4.69) is 12.2 Å². The van der Waals surface area contributed by atoms with Gasteiger partial charge in [0, 0.05) is 32.2 Å². The van der Waals surface area contributed by atoms with Crippen LogP contribution in [0.2, 0.25) is 0 Å². The number of aliphatic hydroxyl groups excluding tert-OH is 1. The molecular weight excluding hydrogens is 192 g/mol. The molecule has 2 fully saturated rings. The van der Waals surface area contributed by atoms with E-state index in [1.165, 1.54) is 0 Å². The first-order valence-corrected chi connectivity index (χ1v) is 5.82. The zero-order chi connectivity index (χ0) is 10.8. The predicted molar refractivity (Wildman–Crippen MR) is 57.3 cm³/mol. The highest BCUT2D eigenvalue weighted by molar-refractivity contribution is 5.79. The molecule has 0 aromatic heterocycles. The quantitative estimate of drug-likeness (QED) is 0.660. The van der Waals surface area contributed by atoms with Crippen molar-refractivity contribution in [2.24, 2.45) is 17.8 Å². The van der Waals surface area contributed by atoms with Gasteiger partial charge in [-0.15, -0.1) is 0 Å². The van der Waals surface area contributed by atoms with Crippen LogP contribution in [-0.4, -0.2) is 48.7 Å². The fraction of sp³-hybridized carbons (Fsp3) is 0.909. The van der Waals surface area contributed by atoms with Crippen molar-refractivity contribution in [1.82, 2.24) is 10.2 Å². The molecule has 0 aromatic rings. The van der Waals surface area contributed by atoms with E-state index in [0.717, 1.165) is 32.6 Å². The summed E-state index contributed by atoms with van der Waals surface area (Å²) in [6.07, 6.45) is 0.966. The Balaban J connectivity index is 1.91. The average molecular weight is 212 g/mol. The minimum Gasteiger partial charge on any atom is -0.396 e. The molecule has 0 radical (unpaired) electrons. The van der Waals surface area contributed by atoms with Crippen LogP contribution in [0.1, 0.15) is 13.3 Å². The van der Waals surface area contributed by atoms with Crippen molar-refractivity contribution in [2.45, 2.75) is 13.3 Å². The lowest BCUT2D eigenvalue weighted by molar-refractivity contribution is -0.134. The highest BCUT2D eigenvalue weighted by Crippen LogP contribution is 2.24. The Bertz CT molecular complexity index is 239. The summed E-state index contributed by atoms with van der Waals surface area (Å²) in [5.74, 6) is 1.18. The van der Waals surface area contributed by atoms with E-state index < -0.39 is 0 Å². The molecular formula is C11H20N2O2. The standard InChI is InChI=1S/C11H20N2O2/c1-8-5-13(6-10(8)7-14)11(15)9-2-3-12-4-9/h8-10,12,14H,2-7H2,1H3/t8-,9+,10-/m1/s1. The smallest absolute Gasteiger partial charge is 0.227 e. The lowest BCUT2D eigenvalue weighted by Crippen LogP contribution is -2.35. The van der Waals surface area contributed by atoms with Gasteiger partial charge in [-0.1, -0.05) is 6.92 Å². The van der Waals surface area contributed by atoms with Gasteiger partial charge in [-0.2, -0.15) is 0 Å². The first kappa shape index (κ1) is 10.9. The molecule has 2 aliphatic rings. The molecule has 2 rings (SSSR count). The second-order valence-electron chi connectivity index (χ2n) is 4.85. The number of nitrogens with one attached hydrogen (secondary N) is 1. The molecule has 1 amide bonds. The molecule has 2 aliphatic heterocycles. The van der Waals surface area contributed by atoms with Gasteiger partial charge in [-0.25, -0.2) is 0 Å². The van der Waals surface area contributed by atoms with E-state index >= 15 is 0 Å². The molecule has 2 saturated heterocycles. The second kappa shape index (κ2) is 4.49. The molecule has 0 aliphatic carbocycles. The first-order chi connectivity index (χ1) is 7.22. The Morgan fingerprint density at radius 1 is 1.53 bits per heavy atom. The monoisotopic (exact) mass is 212 g/mol. The summed E-state index contributed by atoms with van der Waals surface area (Å²) in [5.41, 5.74) is 0. The third-order valence-electron chi connectivity index (χ3n) is 3.72. The number of amides is 1.